The number of phosphoric ester groups is 1. The number of aliphatic carboxylic acids is 1. The molecule has 4 N–H and O–H groups in total. The van der Waals surface area contributed by atoms with E-state index in [9.17, 15) is 23.8 Å². The molecule has 3 unspecified atom stereocenters. The maximum absolute atomic E-state index is 12.5. The highest BCUT2D eigenvalue weighted by atomic mass is 31.2. The van der Waals surface area contributed by atoms with E-state index in [1.54, 1.807) is 0 Å². The molecule has 1 saturated heterocycles. The lowest BCUT2D eigenvalue weighted by Gasteiger charge is -2.20. The molecule has 0 amide bonds. The Morgan fingerprint density at radius 2 is 1.21 bits per heavy atom. The normalized spacial score (nSPS) is 18.2. The number of carboxylic acids is 1. The molecule has 5 atom stereocenters. The molecule has 0 saturated carbocycles. The van der Waals surface area contributed by atoms with Crippen molar-refractivity contribution in [2.24, 2.45) is 5.73 Å². The summed E-state index contributed by atoms with van der Waals surface area (Å²) >= 11 is 0. The first-order chi connectivity index (χ1) is 25.6. The molecule has 12 nitrogen and oxygen atoms in total. The SMILES string of the molecule is CCCC/C=C\CCCCCCCC(=O)O[C@H](COC(=O)CCC/C=C\C/C=C\CC1OC1C/C=C\CCCCC)COP(=O)(O)OC[C@H](N)C(=O)O. The van der Waals surface area contributed by atoms with Crippen molar-refractivity contribution in [3.63, 3.8) is 0 Å². The van der Waals surface area contributed by atoms with Gasteiger partial charge in [0.15, 0.2) is 6.10 Å². The monoisotopic (exact) mass is 769 g/mol. The van der Waals surface area contributed by atoms with Gasteiger partial charge in [0.05, 0.1) is 25.4 Å². The maximum Gasteiger partial charge on any atom is 0.472 e. The Morgan fingerprint density at radius 1 is 0.679 bits per heavy atom. The van der Waals surface area contributed by atoms with Crippen LogP contribution in [-0.4, -0.2) is 72.1 Å². The summed E-state index contributed by atoms with van der Waals surface area (Å²) < 4.78 is 38.2. The van der Waals surface area contributed by atoms with Crippen molar-refractivity contribution in [2.75, 3.05) is 19.8 Å². The molecule has 1 heterocycles. The molecular formula is C40H68NO11P. The van der Waals surface area contributed by atoms with Crippen LogP contribution in [0.4, 0.5) is 0 Å². The van der Waals surface area contributed by atoms with Gasteiger partial charge in [-0.2, -0.15) is 0 Å². The summed E-state index contributed by atoms with van der Waals surface area (Å²) in [6.45, 7) is 2.63. The minimum absolute atomic E-state index is 0.134. The zero-order chi connectivity index (χ0) is 39.0. The van der Waals surface area contributed by atoms with Crippen LogP contribution in [0.2, 0.25) is 0 Å². The first kappa shape index (κ1) is 48.4. The van der Waals surface area contributed by atoms with Gasteiger partial charge in [0.2, 0.25) is 0 Å². The molecule has 0 aromatic rings. The highest BCUT2D eigenvalue weighted by Gasteiger charge is 2.36. The van der Waals surface area contributed by atoms with Gasteiger partial charge >= 0.3 is 25.7 Å². The third kappa shape index (κ3) is 29.4. The first-order valence-corrected chi connectivity index (χ1v) is 21.3. The van der Waals surface area contributed by atoms with E-state index in [-0.39, 0.29) is 19.4 Å². The van der Waals surface area contributed by atoms with Gasteiger partial charge in [-0.15, -0.1) is 0 Å². The third-order valence-corrected chi connectivity index (χ3v) is 9.40. The second kappa shape index (κ2) is 31.7. The molecule has 0 spiro atoms. The number of nitrogens with two attached hydrogens (primary N) is 1. The lowest BCUT2D eigenvalue weighted by atomic mass is 10.1. The van der Waals surface area contributed by atoms with Crippen molar-refractivity contribution in [1.29, 1.82) is 0 Å². The van der Waals surface area contributed by atoms with Gasteiger partial charge in [0.1, 0.15) is 12.6 Å². The molecule has 0 aromatic heterocycles. The molecule has 1 aliphatic heterocycles. The highest BCUT2D eigenvalue weighted by Crippen LogP contribution is 2.43. The summed E-state index contributed by atoms with van der Waals surface area (Å²) in [6, 6.07) is -1.53. The van der Waals surface area contributed by atoms with Crippen LogP contribution < -0.4 is 5.73 Å². The number of hydrogen-bond donors (Lipinski definition) is 3. The Kier molecular flexibility index (Phi) is 29.0. The molecule has 0 radical (unpaired) electrons. The van der Waals surface area contributed by atoms with E-state index in [0.717, 1.165) is 64.2 Å². The van der Waals surface area contributed by atoms with E-state index >= 15 is 0 Å². The fourth-order valence-electron chi connectivity index (χ4n) is 5.14. The van der Waals surface area contributed by atoms with E-state index in [0.29, 0.717) is 31.5 Å². The number of ether oxygens (including phenoxy) is 3. The van der Waals surface area contributed by atoms with Gasteiger partial charge in [0, 0.05) is 12.8 Å². The molecule has 1 rings (SSSR count). The van der Waals surface area contributed by atoms with Crippen molar-refractivity contribution in [3.05, 3.63) is 48.6 Å². The Bertz CT molecular complexity index is 1160. The van der Waals surface area contributed by atoms with Crippen LogP contribution in [0.15, 0.2) is 48.6 Å². The number of carboxylic acid groups (broad SMARTS) is 1. The van der Waals surface area contributed by atoms with Crippen molar-refractivity contribution >= 4 is 25.7 Å². The maximum atomic E-state index is 12.5. The van der Waals surface area contributed by atoms with E-state index in [1.807, 2.05) is 12.2 Å². The number of phosphoric acid groups is 1. The Labute approximate surface area is 318 Å². The minimum atomic E-state index is -4.73. The number of esters is 2. The molecule has 13 heteroatoms. The predicted octanol–water partition coefficient (Wildman–Crippen LogP) is 8.82. The average Bonchev–Trinajstić information content (AvgIpc) is 3.89. The molecule has 0 aliphatic carbocycles. The number of unbranched alkanes of at least 4 members (excludes halogenated alkanes) is 11. The number of hydrogen-bond acceptors (Lipinski definition) is 10. The molecular weight excluding hydrogens is 701 g/mol. The fraction of sp³-hybridized carbons (Fsp3) is 0.725. The summed E-state index contributed by atoms with van der Waals surface area (Å²) in [7, 11) is -4.73. The molecule has 1 aliphatic rings. The fourth-order valence-corrected chi connectivity index (χ4v) is 5.91. The Balaban J connectivity index is 2.36. The van der Waals surface area contributed by atoms with Crippen LogP contribution in [-0.2, 0) is 42.2 Å². The number of carbonyl (C=O) groups excluding carboxylic acids is 2. The smallest absolute Gasteiger partial charge is 0.472 e. The van der Waals surface area contributed by atoms with Gasteiger partial charge in [-0.3, -0.25) is 23.4 Å². The lowest BCUT2D eigenvalue weighted by molar-refractivity contribution is -0.161. The molecule has 0 bridgehead atoms. The summed E-state index contributed by atoms with van der Waals surface area (Å²) in [5.41, 5.74) is 5.31. The molecule has 53 heavy (non-hydrogen) atoms. The zero-order valence-corrected chi connectivity index (χ0v) is 33.2. The van der Waals surface area contributed by atoms with Gasteiger partial charge < -0.3 is 29.9 Å². The Morgan fingerprint density at radius 3 is 1.91 bits per heavy atom. The van der Waals surface area contributed by atoms with E-state index < -0.39 is 51.1 Å². The van der Waals surface area contributed by atoms with E-state index in [4.69, 9.17) is 29.6 Å². The summed E-state index contributed by atoms with van der Waals surface area (Å²) in [5, 5.41) is 8.86. The number of rotatable bonds is 35. The second-order valence-corrected chi connectivity index (χ2v) is 14.9. The number of carbonyl (C=O) groups is 3. The van der Waals surface area contributed by atoms with Crippen LogP contribution >= 0.6 is 7.82 Å². The van der Waals surface area contributed by atoms with Crippen molar-refractivity contribution in [3.8, 4) is 0 Å². The van der Waals surface area contributed by atoms with Crippen molar-refractivity contribution in [1.82, 2.24) is 0 Å². The van der Waals surface area contributed by atoms with E-state index in [1.165, 1.54) is 32.1 Å². The predicted molar refractivity (Wildman–Crippen MR) is 207 cm³/mol. The summed E-state index contributed by atoms with van der Waals surface area (Å²) in [5.74, 6) is -2.48. The van der Waals surface area contributed by atoms with Gasteiger partial charge in [-0.05, 0) is 70.6 Å². The van der Waals surface area contributed by atoms with Crippen LogP contribution in [0.5, 0.6) is 0 Å². The average molecular weight is 770 g/mol. The largest absolute Gasteiger partial charge is 0.480 e. The molecule has 1 fully saturated rings. The quantitative estimate of drug-likeness (QED) is 0.0183. The van der Waals surface area contributed by atoms with Crippen molar-refractivity contribution < 1.29 is 52.2 Å². The van der Waals surface area contributed by atoms with Gasteiger partial charge in [-0.1, -0.05) is 107 Å². The minimum Gasteiger partial charge on any atom is -0.480 e. The standard InChI is InChI=1S/C40H68NO11P/c1-3-5-7-9-11-12-13-14-17-22-26-30-39(43)51-34(32-49-53(46,47)50-33-35(41)40(44)45)31-48-38(42)29-25-21-18-15-16-20-24-28-37-36(52-37)27-23-19-10-8-6-4-2/h9,11,15,18-20,23-24,34-37H,3-8,10,12-14,16-17,21-22,25-33,41H2,1-2H3,(H,44,45)(H,46,47)/b11-9-,18-15-,23-19-,24-20-/t34-,35+,36?,37?/m1/s1. The first-order valence-electron chi connectivity index (χ1n) is 19.8. The number of allylic oxidation sites excluding steroid dienone is 6. The molecule has 0 aromatic carbocycles. The highest BCUT2D eigenvalue weighted by molar-refractivity contribution is 7.47. The summed E-state index contributed by atoms with van der Waals surface area (Å²) in [6.07, 6.45) is 35.1. The zero-order valence-electron chi connectivity index (χ0n) is 32.3. The third-order valence-electron chi connectivity index (χ3n) is 8.45. The van der Waals surface area contributed by atoms with E-state index in [2.05, 4.69) is 54.8 Å². The van der Waals surface area contributed by atoms with Crippen LogP contribution in [0.3, 0.4) is 0 Å². The topological polar surface area (TPSA) is 184 Å². The van der Waals surface area contributed by atoms with Crippen molar-refractivity contribution in [2.45, 2.75) is 167 Å². The van der Waals surface area contributed by atoms with Crippen LogP contribution in [0.1, 0.15) is 142 Å². The number of epoxide rings is 1. The van der Waals surface area contributed by atoms with Crippen LogP contribution in [0.25, 0.3) is 0 Å². The van der Waals surface area contributed by atoms with Gasteiger partial charge in [-0.25, -0.2) is 4.57 Å². The summed E-state index contributed by atoms with van der Waals surface area (Å²) in [4.78, 5) is 45.8. The molecule has 304 valence electrons. The Hall–Kier alpha value is -2.60. The lowest BCUT2D eigenvalue weighted by Crippen LogP contribution is -2.34. The van der Waals surface area contributed by atoms with Crippen LogP contribution in [0, 0.1) is 0 Å². The van der Waals surface area contributed by atoms with Gasteiger partial charge in [0.25, 0.3) is 0 Å². The second-order valence-electron chi connectivity index (χ2n) is 13.4.